The van der Waals surface area contributed by atoms with Crippen LogP contribution in [0.5, 0.6) is 0 Å². The minimum Gasteiger partial charge on any atom is -0.399 e. The van der Waals surface area contributed by atoms with Crippen LogP contribution in [0.15, 0.2) is 59.8 Å². The smallest absolute Gasteiger partial charge is 0.325 e. The van der Waals surface area contributed by atoms with Gasteiger partial charge in [0.2, 0.25) is 5.91 Å². The van der Waals surface area contributed by atoms with Crippen LogP contribution in [0.25, 0.3) is 0 Å². The highest BCUT2D eigenvalue weighted by molar-refractivity contribution is 6.17. The monoisotopic (exact) mass is 460 g/mol. The number of nitrogens with one attached hydrogen (secondary N) is 1. The number of rotatable bonds is 7. The number of hydrogen-bond donors (Lipinski definition) is 1. The molecule has 1 saturated carbocycles. The first-order valence-electron chi connectivity index (χ1n) is 11.6. The third-order valence-corrected chi connectivity index (χ3v) is 7.11. The number of hydrogen-bond acceptors (Lipinski definition) is 5. The molecule has 0 bridgehead atoms. The lowest BCUT2D eigenvalue weighted by molar-refractivity contribution is -0.140. The van der Waals surface area contributed by atoms with E-state index in [0.29, 0.717) is 23.7 Å². The van der Waals surface area contributed by atoms with E-state index in [4.69, 9.17) is 4.84 Å². The molecule has 0 radical (unpaired) electrons. The van der Waals surface area contributed by atoms with Gasteiger partial charge in [-0.05, 0) is 36.8 Å². The third-order valence-electron chi connectivity index (χ3n) is 7.11. The summed E-state index contributed by atoms with van der Waals surface area (Å²) < 4.78 is 0. The molecule has 8 nitrogen and oxygen atoms in total. The van der Waals surface area contributed by atoms with Crippen LogP contribution >= 0.6 is 0 Å². The fourth-order valence-electron chi connectivity index (χ4n) is 5.11. The Kier molecular flexibility index (Phi) is 5.59. The Morgan fingerprint density at radius 1 is 1.18 bits per heavy atom. The highest BCUT2D eigenvalue weighted by atomic mass is 16.6. The molecule has 2 unspecified atom stereocenters. The molecule has 3 aliphatic rings. The maximum atomic E-state index is 13.7. The fraction of sp³-hybridized carbons (Fsp3) is 0.385. The Labute approximate surface area is 198 Å². The summed E-state index contributed by atoms with van der Waals surface area (Å²) in [5, 5.41) is 6.94. The summed E-state index contributed by atoms with van der Waals surface area (Å²) in [5.74, 6) is -0.212. The zero-order valence-electron chi connectivity index (χ0n) is 19.4. The molecule has 2 aromatic rings. The molecule has 1 spiro atoms. The van der Waals surface area contributed by atoms with Crippen LogP contribution in [0.2, 0.25) is 0 Å². The van der Waals surface area contributed by atoms with Gasteiger partial charge in [0.05, 0.1) is 5.71 Å². The number of oxime groups is 1. The van der Waals surface area contributed by atoms with Crippen LogP contribution in [0.4, 0.5) is 4.79 Å². The van der Waals surface area contributed by atoms with E-state index in [2.05, 4.69) is 10.5 Å². The first-order chi connectivity index (χ1) is 16.4. The SMILES string of the molecule is CON=C1CC2(NC(=O)N(CC(=O)N(Cc3ccccc3)C(C)C3CC3)C2=O)c2ccccc21. The topological polar surface area (TPSA) is 91.3 Å². The molecular weight excluding hydrogens is 432 g/mol. The second-order valence-corrected chi connectivity index (χ2v) is 9.25. The predicted molar refractivity (Wildman–Crippen MR) is 126 cm³/mol. The molecule has 1 aliphatic heterocycles. The number of benzene rings is 2. The van der Waals surface area contributed by atoms with E-state index >= 15 is 0 Å². The highest BCUT2D eigenvalue weighted by Crippen LogP contribution is 2.42. The van der Waals surface area contributed by atoms with Crippen molar-refractivity contribution in [1.29, 1.82) is 0 Å². The van der Waals surface area contributed by atoms with Crippen LogP contribution in [0, 0.1) is 5.92 Å². The van der Waals surface area contributed by atoms with Crippen molar-refractivity contribution in [1.82, 2.24) is 15.1 Å². The van der Waals surface area contributed by atoms with Crippen LogP contribution in [-0.4, -0.2) is 53.1 Å². The minimum atomic E-state index is -1.27. The van der Waals surface area contributed by atoms with Gasteiger partial charge in [-0.2, -0.15) is 0 Å². The molecule has 2 atom stereocenters. The van der Waals surface area contributed by atoms with Gasteiger partial charge in [-0.3, -0.25) is 14.5 Å². The van der Waals surface area contributed by atoms with Crippen LogP contribution < -0.4 is 5.32 Å². The summed E-state index contributed by atoms with van der Waals surface area (Å²) in [6, 6.07) is 16.6. The second kappa shape index (κ2) is 8.59. The molecule has 5 rings (SSSR count). The average Bonchev–Trinajstić information content (AvgIpc) is 3.62. The summed E-state index contributed by atoms with van der Waals surface area (Å²) in [6.45, 7) is 2.20. The number of carbonyl (C=O) groups excluding carboxylic acids is 3. The van der Waals surface area contributed by atoms with Gasteiger partial charge >= 0.3 is 6.03 Å². The maximum absolute atomic E-state index is 13.7. The third kappa shape index (κ3) is 3.73. The van der Waals surface area contributed by atoms with Gasteiger partial charge in [0.1, 0.15) is 13.7 Å². The molecule has 8 heteroatoms. The van der Waals surface area contributed by atoms with Crippen molar-refractivity contribution in [3.8, 4) is 0 Å². The largest absolute Gasteiger partial charge is 0.399 e. The molecule has 176 valence electrons. The first kappa shape index (κ1) is 22.1. The van der Waals surface area contributed by atoms with E-state index in [-0.39, 0.29) is 24.9 Å². The van der Waals surface area contributed by atoms with E-state index in [1.54, 1.807) is 4.90 Å². The molecule has 2 aliphatic carbocycles. The molecule has 0 aromatic heterocycles. The first-order valence-corrected chi connectivity index (χ1v) is 11.6. The van der Waals surface area contributed by atoms with Gasteiger partial charge in [0.25, 0.3) is 5.91 Å². The lowest BCUT2D eigenvalue weighted by Gasteiger charge is -2.31. The van der Waals surface area contributed by atoms with E-state index in [1.807, 2.05) is 61.5 Å². The van der Waals surface area contributed by atoms with Crippen molar-refractivity contribution in [2.24, 2.45) is 11.1 Å². The Morgan fingerprint density at radius 2 is 1.88 bits per heavy atom. The summed E-state index contributed by atoms with van der Waals surface area (Å²) >= 11 is 0. The fourth-order valence-corrected chi connectivity index (χ4v) is 5.11. The number of fused-ring (bicyclic) bond motifs is 2. The van der Waals surface area contributed by atoms with Crippen LogP contribution in [0.3, 0.4) is 0 Å². The van der Waals surface area contributed by atoms with Gasteiger partial charge in [-0.1, -0.05) is 59.8 Å². The number of amides is 4. The molecule has 4 amide bonds. The minimum absolute atomic E-state index is 0.0371. The van der Waals surface area contributed by atoms with E-state index in [0.717, 1.165) is 28.9 Å². The van der Waals surface area contributed by atoms with Gasteiger partial charge in [0, 0.05) is 24.6 Å². The Hall–Kier alpha value is -3.68. The van der Waals surface area contributed by atoms with Crippen molar-refractivity contribution in [3.05, 3.63) is 71.3 Å². The van der Waals surface area contributed by atoms with Crippen molar-refractivity contribution < 1.29 is 19.2 Å². The van der Waals surface area contributed by atoms with Gasteiger partial charge in [0.15, 0.2) is 5.54 Å². The molecule has 2 aromatic carbocycles. The molecule has 1 saturated heterocycles. The molecule has 34 heavy (non-hydrogen) atoms. The Bertz CT molecular complexity index is 1160. The van der Waals surface area contributed by atoms with E-state index < -0.39 is 17.5 Å². The van der Waals surface area contributed by atoms with Crippen LogP contribution in [-0.2, 0) is 26.5 Å². The number of nitrogens with zero attached hydrogens (tertiary/aromatic N) is 3. The van der Waals surface area contributed by atoms with Crippen LogP contribution in [0.1, 0.15) is 42.9 Å². The number of carbonyl (C=O) groups is 3. The number of imide groups is 1. The molecule has 2 fully saturated rings. The van der Waals surface area contributed by atoms with Crippen molar-refractivity contribution >= 4 is 23.6 Å². The predicted octanol–water partition coefficient (Wildman–Crippen LogP) is 3.02. The maximum Gasteiger partial charge on any atom is 0.325 e. The van der Waals surface area contributed by atoms with Crippen molar-refractivity contribution in [2.45, 2.75) is 44.3 Å². The quantitative estimate of drug-likeness (QED) is 0.508. The highest BCUT2D eigenvalue weighted by Gasteiger charge is 2.57. The normalized spacial score (nSPS) is 23.2. The Balaban J connectivity index is 1.40. The lowest BCUT2D eigenvalue weighted by atomic mass is 9.92. The van der Waals surface area contributed by atoms with E-state index in [9.17, 15) is 14.4 Å². The Morgan fingerprint density at radius 3 is 2.59 bits per heavy atom. The summed E-state index contributed by atoms with van der Waals surface area (Å²) in [7, 11) is 1.45. The zero-order chi connectivity index (χ0) is 23.9. The van der Waals surface area contributed by atoms with Crippen molar-refractivity contribution in [3.63, 3.8) is 0 Å². The van der Waals surface area contributed by atoms with Gasteiger partial charge in [-0.15, -0.1) is 0 Å². The summed E-state index contributed by atoms with van der Waals surface area (Å²) in [6.07, 6.45) is 2.36. The summed E-state index contributed by atoms with van der Waals surface area (Å²) in [4.78, 5) is 48.0. The standard InChI is InChI=1S/C26H28N4O4/c1-17(19-12-13-19)29(15-18-8-4-3-5-9-18)23(31)16-30-24(32)26(27-25(30)33)14-22(28-34-2)20-10-6-7-11-21(20)26/h3-11,17,19H,12-16H2,1-2H3,(H,27,33). The molecular formula is C26H28N4O4. The van der Waals surface area contributed by atoms with Crippen molar-refractivity contribution in [2.75, 3.05) is 13.7 Å². The molecule has 1 heterocycles. The zero-order valence-corrected chi connectivity index (χ0v) is 19.4. The average molecular weight is 461 g/mol. The second-order valence-electron chi connectivity index (χ2n) is 9.25. The van der Waals surface area contributed by atoms with E-state index in [1.165, 1.54) is 7.11 Å². The van der Waals surface area contributed by atoms with Gasteiger partial charge in [-0.25, -0.2) is 4.79 Å². The number of urea groups is 1. The van der Waals surface area contributed by atoms with Gasteiger partial charge < -0.3 is 15.1 Å². The summed E-state index contributed by atoms with van der Waals surface area (Å²) in [5.41, 5.74) is 1.78. The molecule has 1 N–H and O–H groups in total. The lowest BCUT2D eigenvalue weighted by Crippen LogP contribution is -2.47.